The Balaban J connectivity index is 1.45. The molecule has 29 heavy (non-hydrogen) atoms. The third-order valence-electron chi connectivity index (χ3n) is 5.06. The number of sulfonamides is 1. The molecule has 9 nitrogen and oxygen atoms in total. The Morgan fingerprint density at radius 3 is 2.76 bits per heavy atom. The van der Waals surface area contributed by atoms with Gasteiger partial charge in [-0.25, -0.2) is 18.1 Å². The number of hydrogen-bond donors (Lipinski definition) is 1. The van der Waals surface area contributed by atoms with Crippen LogP contribution < -0.4 is 9.62 Å². The lowest BCUT2D eigenvalue weighted by molar-refractivity contribution is 0.601. The first-order valence-corrected chi connectivity index (χ1v) is 10.7. The molecule has 1 fully saturated rings. The van der Waals surface area contributed by atoms with E-state index in [2.05, 4.69) is 24.8 Å². The standard InChI is InChI=1S/C19H19N7O2S/c1-24-19-14(11-21-24)4-2-5-17(19)23-29(27,28)16-12-22-26(13-16)18-10-15(6-7-20-18)25-8-3-9-25/h2,4-7,10-13,23H,3,8-9H2,1H3. The van der Waals surface area contributed by atoms with E-state index in [1.165, 1.54) is 23.5 Å². The maximum Gasteiger partial charge on any atom is 0.265 e. The SMILES string of the molecule is Cn1ncc2cccc(NS(=O)(=O)c3cnn(-c4cc(N5CCC5)ccn4)c3)c21. The lowest BCUT2D eigenvalue weighted by atomic mass is 10.2. The monoisotopic (exact) mass is 409 g/mol. The number of hydrogen-bond acceptors (Lipinski definition) is 6. The second-order valence-corrected chi connectivity index (χ2v) is 8.63. The summed E-state index contributed by atoms with van der Waals surface area (Å²) in [6.45, 7) is 2.04. The number of aryl methyl sites for hydroxylation is 1. The van der Waals surface area contributed by atoms with Gasteiger partial charge < -0.3 is 4.90 Å². The first kappa shape index (κ1) is 17.7. The van der Waals surface area contributed by atoms with Crippen molar-refractivity contribution in [3.63, 3.8) is 0 Å². The molecule has 0 radical (unpaired) electrons. The Morgan fingerprint density at radius 1 is 1.10 bits per heavy atom. The van der Waals surface area contributed by atoms with Crippen LogP contribution in [0.3, 0.4) is 0 Å². The van der Waals surface area contributed by atoms with E-state index in [9.17, 15) is 8.42 Å². The minimum atomic E-state index is -3.82. The minimum Gasteiger partial charge on any atom is -0.371 e. The molecule has 0 unspecified atom stereocenters. The number of benzene rings is 1. The highest BCUT2D eigenvalue weighted by Gasteiger charge is 2.20. The molecular weight excluding hydrogens is 390 g/mol. The van der Waals surface area contributed by atoms with Gasteiger partial charge in [0.25, 0.3) is 10.0 Å². The number of pyridine rings is 1. The second-order valence-electron chi connectivity index (χ2n) is 6.95. The number of anilines is 2. The molecule has 1 saturated heterocycles. The second kappa shape index (κ2) is 6.59. The molecule has 1 N–H and O–H groups in total. The van der Waals surface area contributed by atoms with Crippen molar-refractivity contribution in [1.29, 1.82) is 0 Å². The predicted octanol–water partition coefficient (Wildman–Crippen LogP) is 2.16. The lowest BCUT2D eigenvalue weighted by Crippen LogP contribution is -2.37. The summed E-state index contributed by atoms with van der Waals surface area (Å²) < 4.78 is 31.6. The van der Waals surface area contributed by atoms with E-state index in [0.717, 1.165) is 24.2 Å². The molecule has 3 aromatic heterocycles. The van der Waals surface area contributed by atoms with Gasteiger partial charge in [-0.15, -0.1) is 0 Å². The zero-order valence-electron chi connectivity index (χ0n) is 15.7. The quantitative estimate of drug-likeness (QED) is 0.542. The van der Waals surface area contributed by atoms with E-state index in [1.807, 2.05) is 18.2 Å². The van der Waals surface area contributed by atoms with Crippen LogP contribution in [0.5, 0.6) is 0 Å². The Bertz CT molecular complexity index is 1310. The molecule has 0 amide bonds. The highest BCUT2D eigenvalue weighted by Crippen LogP contribution is 2.26. The number of aromatic nitrogens is 5. The first-order chi connectivity index (χ1) is 14.0. The van der Waals surface area contributed by atoms with Crippen LogP contribution >= 0.6 is 0 Å². The van der Waals surface area contributed by atoms with Crippen LogP contribution in [0, 0.1) is 0 Å². The number of nitrogens with zero attached hydrogens (tertiary/aromatic N) is 6. The highest BCUT2D eigenvalue weighted by atomic mass is 32.2. The first-order valence-electron chi connectivity index (χ1n) is 9.21. The molecule has 0 atom stereocenters. The molecule has 148 valence electrons. The highest BCUT2D eigenvalue weighted by molar-refractivity contribution is 7.92. The molecule has 0 aliphatic carbocycles. The Hall–Kier alpha value is -3.40. The zero-order chi connectivity index (χ0) is 20.0. The molecule has 4 heterocycles. The number of rotatable bonds is 5. The van der Waals surface area contributed by atoms with Crippen LogP contribution in [-0.4, -0.2) is 46.1 Å². The van der Waals surface area contributed by atoms with Gasteiger partial charge in [-0.2, -0.15) is 10.2 Å². The minimum absolute atomic E-state index is 0.0628. The van der Waals surface area contributed by atoms with E-state index in [1.54, 1.807) is 36.3 Å². The largest absolute Gasteiger partial charge is 0.371 e. The summed E-state index contributed by atoms with van der Waals surface area (Å²) in [6, 6.07) is 9.24. The third kappa shape index (κ3) is 3.11. The topological polar surface area (TPSA) is 97.9 Å². The van der Waals surface area contributed by atoms with Gasteiger partial charge in [0.05, 0.1) is 29.8 Å². The fourth-order valence-electron chi connectivity index (χ4n) is 3.39. The van der Waals surface area contributed by atoms with Crippen molar-refractivity contribution in [2.24, 2.45) is 7.05 Å². The van der Waals surface area contributed by atoms with Crippen molar-refractivity contribution in [1.82, 2.24) is 24.5 Å². The van der Waals surface area contributed by atoms with Crippen molar-refractivity contribution in [2.45, 2.75) is 11.3 Å². The fourth-order valence-corrected chi connectivity index (χ4v) is 4.39. The summed E-state index contributed by atoms with van der Waals surface area (Å²) in [5.41, 5.74) is 2.24. The van der Waals surface area contributed by atoms with Gasteiger partial charge in [0.15, 0.2) is 5.82 Å². The van der Waals surface area contributed by atoms with E-state index in [-0.39, 0.29) is 4.90 Å². The summed E-state index contributed by atoms with van der Waals surface area (Å²) in [5, 5.41) is 9.25. The van der Waals surface area contributed by atoms with Gasteiger partial charge in [0.2, 0.25) is 0 Å². The van der Waals surface area contributed by atoms with Gasteiger partial charge in [-0.1, -0.05) is 12.1 Å². The number of nitrogens with one attached hydrogen (secondary N) is 1. The van der Waals surface area contributed by atoms with Gasteiger partial charge >= 0.3 is 0 Å². The Labute approximate surface area is 167 Å². The maximum atomic E-state index is 12.9. The molecule has 1 aromatic carbocycles. The van der Waals surface area contributed by atoms with E-state index in [4.69, 9.17) is 0 Å². The molecule has 0 saturated carbocycles. The van der Waals surface area contributed by atoms with Gasteiger partial charge in [0.1, 0.15) is 4.90 Å². The normalized spacial score (nSPS) is 14.2. The maximum absolute atomic E-state index is 12.9. The van der Waals surface area contributed by atoms with E-state index >= 15 is 0 Å². The van der Waals surface area contributed by atoms with Crippen molar-refractivity contribution in [3.8, 4) is 5.82 Å². The molecule has 10 heteroatoms. The van der Waals surface area contributed by atoms with Crippen molar-refractivity contribution >= 4 is 32.3 Å². The van der Waals surface area contributed by atoms with Crippen LogP contribution in [0.2, 0.25) is 0 Å². The zero-order valence-corrected chi connectivity index (χ0v) is 16.5. The Kier molecular flexibility index (Phi) is 4.02. The number of para-hydroxylation sites is 1. The molecule has 0 bridgehead atoms. The molecule has 4 aromatic rings. The Morgan fingerprint density at radius 2 is 1.97 bits per heavy atom. The average Bonchev–Trinajstić information content (AvgIpc) is 3.29. The summed E-state index contributed by atoms with van der Waals surface area (Å²) in [7, 11) is -2.05. The van der Waals surface area contributed by atoms with Crippen LogP contribution in [-0.2, 0) is 17.1 Å². The summed E-state index contributed by atoms with van der Waals surface area (Å²) in [6.07, 6.45) is 7.37. The summed E-state index contributed by atoms with van der Waals surface area (Å²) >= 11 is 0. The molecular formula is C19H19N7O2S. The van der Waals surface area contributed by atoms with Crippen LogP contribution in [0.4, 0.5) is 11.4 Å². The average molecular weight is 409 g/mol. The smallest absolute Gasteiger partial charge is 0.265 e. The molecule has 0 spiro atoms. The molecule has 5 rings (SSSR count). The van der Waals surface area contributed by atoms with Crippen LogP contribution in [0.1, 0.15) is 6.42 Å². The van der Waals surface area contributed by atoms with Gasteiger partial charge in [0, 0.05) is 43.5 Å². The summed E-state index contributed by atoms with van der Waals surface area (Å²) in [5.74, 6) is 0.574. The van der Waals surface area contributed by atoms with Crippen LogP contribution in [0.25, 0.3) is 16.7 Å². The predicted molar refractivity (Wildman–Crippen MR) is 110 cm³/mol. The molecule has 1 aliphatic rings. The van der Waals surface area contributed by atoms with Gasteiger partial charge in [-0.3, -0.25) is 9.40 Å². The van der Waals surface area contributed by atoms with E-state index in [0.29, 0.717) is 17.0 Å². The lowest BCUT2D eigenvalue weighted by Gasteiger charge is -2.33. The van der Waals surface area contributed by atoms with Crippen molar-refractivity contribution < 1.29 is 8.42 Å². The van der Waals surface area contributed by atoms with Crippen molar-refractivity contribution in [2.75, 3.05) is 22.7 Å². The summed E-state index contributed by atoms with van der Waals surface area (Å²) in [4.78, 5) is 6.62. The van der Waals surface area contributed by atoms with Crippen LogP contribution in [0.15, 0.2) is 60.0 Å². The number of fused-ring (bicyclic) bond motifs is 1. The fraction of sp³-hybridized carbons (Fsp3) is 0.211. The van der Waals surface area contributed by atoms with Gasteiger partial charge in [-0.05, 0) is 18.6 Å². The van der Waals surface area contributed by atoms with E-state index < -0.39 is 10.0 Å². The van der Waals surface area contributed by atoms with Crippen molar-refractivity contribution in [3.05, 3.63) is 55.1 Å². The molecule has 1 aliphatic heterocycles. The third-order valence-corrected chi connectivity index (χ3v) is 6.38.